The molecule has 1 fully saturated rings. The summed E-state index contributed by atoms with van der Waals surface area (Å²) in [4.78, 5) is 13.8. The SMILES string of the molecule is Cc1ccc(CCCNS(=O)[O-])cc1Nc1ccccc1-c1ncnc2c1ncn2C1CCCCO1. The van der Waals surface area contributed by atoms with Crippen LogP contribution in [0.4, 0.5) is 11.4 Å². The second-order valence-corrected chi connectivity index (χ2v) is 9.68. The van der Waals surface area contributed by atoms with Gasteiger partial charge in [0.1, 0.15) is 23.8 Å². The zero-order valence-electron chi connectivity index (χ0n) is 20.1. The molecule has 1 aliphatic heterocycles. The van der Waals surface area contributed by atoms with Crippen molar-refractivity contribution >= 4 is 33.8 Å². The van der Waals surface area contributed by atoms with Gasteiger partial charge in [-0.15, -0.1) is 0 Å². The number of ether oxygens (including phenoxy) is 1. The molecule has 2 aromatic heterocycles. The number of aromatic nitrogens is 4. The zero-order chi connectivity index (χ0) is 24.9. The summed E-state index contributed by atoms with van der Waals surface area (Å²) < 4.78 is 31.8. The Labute approximate surface area is 212 Å². The summed E-state index contributed by atoms with van der Waals surface area (Å²) in [5.41, 5.74) is 7.38. The normalized spacial score (nSPS) is 16.8. The number of hydrogen-bond donors (Lipinski definition) is 2. The van der Waals surface area contributed by atoms with Crippen molar-refractivity contribution in [2.75, 3.05) is 18.5 Å². The molecular weight excluding hydrogens is 476 g/mol. The van der Waals surface area contributed by atoms with Crippen molar-refractivity contribution in [2.24, 2.45) is 0 Å². The van der Waals surface area contributed by atoms with Gasteiger partial charge in [-0.1, -0.05) is 30.3 Å². The van der Waals surface area contributed by atoms with Gasteiger partial charge in [0, 0.05) is 41.4 Å². The minimum atomic E-state index is -2.23. The first kappa shape index (κ1) is 24.5. The van der Waals surface area contributed by atoms with E-state index in [0.717, 1.165) is 83.6 Å². The first-order valence-corrected chi connectivity index (χ1v) is 13.3. The molecule has 0 saturated carbocycles. The highest BCUT2D eigenvalue weighted by Crippen LogP contribution is 2.34. The Balaban J connectivity index is 1.43. The van der Waals surface area contributed by atoms with Crippen LogP contribution in [0.3, 0.4) is 0 Å². The van der Waals surface area contributed by atoms with Gasteiger partial charge in [0.05, 0.1) is 6.33 Å². The number of aryl methyl sites for hydroxylation is 2. The van der Waals surface area contributed by atoms with Crippen molar-refractivity contribution in [3.05, 3.63) is 66.2 Å². The molecule has 188 valence electrons. The third kappa shape index (κ3) is 5.46. The third-order valence-electron chi connectivity index (χ3n) is 6.44. The van der Waals surface area contributed by atoms with Crippen LogP contribution >= 0.6 is 0 Å². The Morgan fingerprint density at radius 1 is 1.14 bits per heavy atom. The maximum Gasteiger partial charge on any atom is 0.165 e. The second kappa shape index (κ2) is 11.3. The highest BCUT2D eigenvalue weighted by atomic mass is 32.2. The van der Waals surface area contributed by atoms with Crippen LogP contribution in [0, 0.1) is 6.92 Å². The summed E-state index contributed by atoms with van der Waals surface area (Å²) in [5.74, 6) is 0. The molecule has 0 amide bonds. The summed E-state index contributed by atoms with van der Waals surface area (Å²) in [5, 5.41) is 3.59. The molecule has 2 unspecified atom stereocenters. The lowest BCUT2D eigenvalue weighted by atomic mass is 10.0. The molecule has 1 aliphatic rings. The predicted octanol–water partition coefficient (Wildman–Crippen LogP) is 4.56. The molecule has 5 rings (SSSR count). The molecule has 10 heteroatoms. The van der Waals surface area contributed by atoms with Gasteiger partial charge in [0.25, 0.3) is 0 Å². The van der Waals surface area contributed by atoms with Crippen molar-refractivity contribution in [2.45, 2.75) is 45.3 Å². The Hall–Kier alpha value is -3.18. The van der Waals surface area contributed by atoms with Gasteiger partial charge < -0.3 is 14.6 Å². The number of anilines is 2. The van der Waals surface area contributed by atoms with Crippen molar-refractivity contribution in [3.8, 4) is 11.3 Å². The van der Waals surface area contributed by atoms with E-state index in [2.05, 4.69) is 50.1 Å². The number of hydrogen-bond acceptors (Lipinski definition) is 7. The number of nitrogens with zero attached hydrogens (tertiary/aromatic N) is 4. The molecule has 4 aromatic rings. The van der Waals surface area contributed by atoms with Crippen LogP contribution < -0.4 is 10.0 Å². The van der Waals surface area contributed by atoms with Crippen molar-refractivity contribution in [3.63, 3.8) is 0 Å². The van der Waals surface area contributed by atoms with E-state index < -0.39 is 11.3 Å². The number of para-hydroxylation sites is 1. The number of fused-ring (bicyclic) bond motifs is 1. The minimum Gasteiger partial charge on any atom is -0.760 e. The topological polar surface area (TPSA) is 117 Å². The van der Waals surface area contributed by atoms with Crippen LogP contribution in [0.2, 0.25) is 0 Å². The third-order valence-corrected chi connectivity index (χ3v) is 6.88. The summed E-state index contributed by atoms with van der Waals surface area (Å²) in [6.07, 6.45) is 8.00. The summed E-state index contributed by atoms with van der Waals surface area (Å²) >= 11 is -2.23. The lowest BCUT2D eigenvalue weighted by Crippen LogP contribution is -2.18. The Morgan fingerprint density at radius 2 is 2.03 bits per heavy atom. The van der Waals surface area contributed by atoms with E-state index in [4.69, 9.17) is 4.74 Å². The van der Waals surface area contributed by atoms with Crippen LogP contribution in [0.1, 0.15) is 43.0 Å². The van der Waals surface area contributed by atoms with E-state index in [0.29, 0.717) is 6.54 Å². The smallest absolute Gasteiger partial charge is 0.165 e. The lowest BCUT2D eigenvalue weighted by Gasteiger charge is -2.23. The van der Waals surface area contributed by atoms with Gasteiger partial charge in [0.2, 0.25) is 0 Å². The fraction of sp³-hybridized carbons (Fsp3) is 0.346. The molecule has 9 nitrogen and oxygen atoms in total. The maximum absolute atomic E-state index is 10.7. The molecule has 36 heavy (non-hydrogen) atoms. The second-order valence-electron chi connectivity index (χ2n) is 8.92. The van der Waals surface area contributed by atoms with E-state index in [1.54, 1.807) is 12.7 Å². The van der Waals surface area contributed by atoms with E-state index in [-0.39, 0.29) is 6.23 Å². The minimum absolute atomic E-state index is 0.0471. The number of imidazole rings is 1. The Bertz CT molecular complexity index is 1370. The molecule has 0 spiro atoms. The highest BCUT2D eigenvalue weighted by molar-refractivity contribution is 7.77. The summed E-state index contributed by atoms with van der Waals surface area (Å²) in [7, 11) is 0. The van der Waals surface area contributed by atoms with Gasteiger partial charge in [-0.2, -0.15) is 0 Å². The highest BCUT2D eigenvalue weighted by Gasteiger charge is 2.21. The summed E-state index contributed by atoms with van der Waals surface area (Å²) in [6.45, 7) is 3.23. The van der Waals surface area contributed by atoms with E-state index in [9.17, 15) is 8.76 Å². The van der Waals surface area contributed by atoms with Crippen molar-refractivity contribution in [1.82, 2.24) is 24.2 Å². The predicted molar refractivity (Wildman–Crippen MR) is 139 cm³/mol. The van der Waals surface area contributed by atoms with Gasteiger partial charge in [0.15, 0.2) is 5.65 Å². The molecule has 2 atom stereocenters. The van der Waals surface area contributed by atoms with Gasteiger partial charge >= 0.3 is 0 Å². The van der Waals surface area contributed by atoms with Gasteiger partial charge in [-0.3, -0.25) is 8.78 Å². The fourth-order valence-electron chi connectivity index (χ4n) is 4.55. The largest absolute Gasteiger partial charge is 0.760 e. The van der Waals surface area contributed by atoms with Crippen molar-refractivity contribution in [1.29, 1.82) is 0 Å². The first-order chi connectivity index (χ1) is 17.6. The molecule has 0 bridgehead atoms. The Morgan fingerprint density at radius 3 is 2.86 bits per heavy atom. The number of benzene rings is 2. The standard InChI is InChI=1S/C26H30N6O3S/c1-18-11-12-19(7-6-13-30-36(33)34)15-22(18)31-21-9-3-2-8-20(21)24-25-26(28-16-27-24)32(17-29-25)23-10-4-5-14-35-23/h2-3,8-9,11-12,15-17,23,30-31H,4-7,10,13-14H2,1H3,(H,33,34)/p-1. The summed E-state index contributed by atoms with van der Waals surface area (Å²) in [6, 6.07) is 14.3. The lowest BCUT2D eigenvalue weighted by molar-refractivity contribution is -0.0298. The van der Waals surface area contributed by atoms with Gasteiger partial charge in [-0.25, -0.2) is 19.7 Å². The molecule has 3 heterocycles. The maximum atomic E-state index is 10.7. The monoisotopic (exact) mass is 505 g/mol. The zero-order valence-corrected chi connectivity index (χ0v) is 21.0. The van der Waals surface area contributed by atoms with Crippen LogP contribution in [-0.4, -0.2) is 41.4 Å². The van der Waals surface area contributed by atoms with E-state index in [1.165, 1.54) is 0 Å². The van der Waals surface area contributed by atoms with Crippen LogP contribution in [-0.2, 0) is 22.4 Å². The fourth-order valence-corrected chi connectivity index (χ4v) is 4.86. The van der Waals surface area contributed by atoms with E-state index >= 15 is 0 Å². The first-order valence-electron chi connectivity index (χ1n) is 12.2. The van der Waals surface area contributed by atoms with Crippen LogP contribution in [0.15, 0.2) is 55.1 Å². The molecule has 2 aromatic carbocycles. The number of nitrogens with one attached hydrogen (secondary N) is 2. The van der Waals surface area contributed by atoms with Crippen molar-refractivity contribution < 1.29 is 13.5 Å². The average molecular weight is 506 g/mol. The van der Waals surface area contributed by atoms with E-state index in [1.807, 2.05) is 28.8 Å². The molecule has 0 radical (unpaired) electrons. The molecule has 1 saturated heterocycles. The van der Waals surface area contributed by atoms with Crippen LogP contribution in [0.25, 0.3) is 22.4 Å². The Kier molecular flexibility index (Phi) is 7.66. The molecule has 2 N–H and O–H groups in total. The quantitative estimate of drug-likeness (QED) is 0.253. The number of rotatable bonds is 9. The average Bonchev–Trinajstić information content (AvgIpc) is 3.34. The molecule has 0 aliphatic carbocycles. The van der Waals surface area contributed by atoms with Gasteiger partial charge in [-0.05, 0) is 62.3 Å². The van der Waals surface area contributed by atoms with Crippen LogP contribution in [0.5, 0.6) is 0 Å². The molecular formula is C26H29N6O3S-.